The Bertz CT molecular complexity index is 1280. The topological polar surface area (TPSA) is 96.3 Å². The standard InChI is InChI=1S/C25H28N6O2/c1-26-19-14-23(32)21(13-20(19)28-24-9-5-6-12-33-24)30-25-27-11-10-18(29-25)17-15-31(2)22-8-4-3-7-16(17)22/h3-4,7-8,10-11,13-15,24,26,28,32H,5-6,9,12H2,1-2H3,(H,27,29,30). The first-order valence-electron chi connectivity index (χ1n) is 11.2. The Labute approximate surface area is 192 Å². The summed E-state index contributed by atoms with van der Waals surface area (Å²) in [6.45, 7) is 0.755. The molecule has 2 aromatic heterocycles. The second kappa shape index (κ2) is 8.99. The van der Waals surface area contributed by atoms with Crippen molar-refractivity contribution in [1.29, 1.82) is 0 Å². The molecule has 8 nitrogen and oxygen atoms in total. The monoisotopic (exact) mass is 444 g/mol. The molecule has 0 spiro atoms. The number of anilines is 4. The highest BCUT2D eigenvalue weighted by molar-refractivity contribution is 5.95. The molecule has 1 saturated heterocycles. The first kappa shape index (κ1) is 21.1. The van der Waals surface area contributed by atoms with E-state index in [0.29, 0.717) is 11.6 Å². The predicted octanol–water partition coefficient (Wildman–Crippen LogP) is 5.06. The van der Waals surface area contributed by atoms with Gasteiger partial charge in [-0.25, -0.2) is 9.97 Å². The second-order valence-electron chi connectivity index (χ2n) is 8.23. The van der Waals surface area contributed by atoms with E-state index in [9.17, 15) is 5.11 Å². The van der Waals surface area contributed by atoms with E-state index in [4.69, 9.17) is 9.72 Å². The number of phenolic OH excluding ortho intramolecular Hbond substituents is 1. The van der Waals surface area contributed by atoms with E-state index in [0.717, 1.165) is 59.4 Å². The number of aryl methyl sites for hydroxylation is 1. The molecule has 33 heavy (non-hydrogen) atoms. The molecule has 4 N–H and O–H groups in total. The van der Waals surface area contributed by atoms with Crippen molar-refractivity contribution >= 4 is 33.9 Å². The lowest BCUT2D eigenvalue weighted by atomic mass is 10.1. The van der Waals surface area contributed by atoms with Crippen molar-refractivity contribution < 1.29 is 9.84 Å². The van der Waals surface area contributed by atoms with Gasteiger partial charge in [-0.1, -0.05) is 18.2 Å². The largest absolute Gasteiger partial charge is 0.506 e. The summed E-state index contributed by atoms with van der Waals surface area (Å²) in [4.78, 5) is 9.10. The Morgan fingerprint density at radius 1 is 1.09 bits per heavy atom. The van der Waals surface area contributed by atoms with Crippen LogP contribution >= 0.6 is 0 Å². The fourth-order valence-corrected chi connectivity index (χ4v) is 4.28. The fraction of sp³-hybridized carbons (Fsp3) is 0.280. The second-order valence-corrected chi connectivity index (χ2v) is 8.23. The first-order valence-corrected chi connectivity index (χ1v) is 11.2. The van der Waals surface area contributed by atoms with E-state index in [2.05, 4.69) is 43.8 Å². The summed E-state index contributed by atoms with van der Waals surface area (Å²) in [6, 6.07) is 13.7. The number of hydrogen-bond donors (Lipinski definition) is 4. The van der Waals surface area contributed by atoms with Gasteiger partial charge in [0.15, 0.2) is 0 Å². The molecule has 0 amide bonds. The maximum Gasteiger partial charge on any atom is 0.227 e. The number of para-hydroxylation sites is 1. The lowest BCUT2D eigenvalue weighted by molar-refractivity contribution is 0.0344. The van der Waals surface area contributed by atoms with Crippen molar-refractivity contribution in [3.05, 3.63) is 54.9 Å². The zero-order valence-electron chi connectivity index (χ0n) is 18.8. The summed E-state index contributed by atoms with van der Waals surface area (Å²) >= 11 is 0. The number of phenols is 1. The third-order valence-electron chi connectivity index (χ3n) is 5.98. The minimum atomic E-state index is -0.0471. The lowest BCUT2D eigenvalue weighted by Gasteiger charge is -2.26. The van der Waals surface area contributed by atoms with Gasteiger partial charge in [0.2, 0.25) is 5.95 Å². The number of nitrogens with one attached hydrogen (secondary N) is 3. The molecule has 2 aromatic carbocycles. The van der Waals surface area contributed by atoms with Crippen LogP contribution in [-0.4, -0.2) is 39.5 Å². The predicted molar refractivity (Wildman–Crippen MR) is 132 cm³/mol. The van der Waals surface area contributed by atoms with Crippen molar-refractivity contribution in [3.8, 4) is 17.0 Å². The number of nitrogens with zero attached hydrogens (tertiary/aromatic N) is 3. The molecule has 4 aromatic rings. The van der Waals surface area contributed by atoms with Crippen molar-refractivity contribution in [3.63, 3.8) is 0 Å². The summed E-state index contributed by atoms with van der Waals surface area (Å²) in [5.41, 5.74) is 5.13. The van der Waals surface area contributed by atoms with Gasteiger partial charge in [0.05, 0.1) is 22.8 Å². The summed E-state index contributed by atoms with van der Waals surface area (Å²) in [5, 5.41) is 21.5. The fourth-order valence-electron chi connectivity index (χ4n) is 4.28. The van der Waals surface area contributed by atoms with Gasteiger partial charge in [0.1, 0.15) is 12.0 Å². The van der Waals surface area contributed by atoms with E-state index in [1.807, 2.05) is 38.4 Å². The quantitative estimate of drug-likeness (QED) is 0.244. The van der Waals surface area contributed by atoms with Gasteiger partial charge in [-0.3, -0.25) is 0 Å². The Morgan fingerprint density at radius 2 is 1.97 bits per heavy atom. The zero-order chi connectivity index (χ0) is 22.8. The van der Waals surface area contributed by atoms with Crippen LogP contribution in [0.2, 0.25) is 0 Å². The van der Waals surface area contributed by atoms with Gasteiger partial charge in [0, 0.05) is 55.6 Å². The van der Waals surface area contributed by atoms with Gasteiger partial charge >= 0.3 is 0 Å². The average molecular weight is 445 g/mol. The molecule has 0 aliphatic carbocycles. The Morgan fingerprint density at radius 3 is 2.79 bits per heavy atom. The summed E-state index contributed by atoms with van der Waals surface area (Å²) < 4.78 is 7.91. The highest BCUT2D eigenvalue weighted by atomic mass is 16.5. The van der Waals surface area contributed by atoms with Crippen LogP contribution in [0.1, 0.15) is 19.3 Å². The van der Waals surface area contributed by atoms with Crippen LogP contribution in [0.5, 0.6) is 5.75 Å². The molecule has 3 heterocycles. The molecule has 5 rings (SSSR count). The van der Waals surface area contributed by atoms with Crippen LogP contribution in [-0.2, 0) is 11.8 Å². The van der Waals surface area contributed by atoms with Crippen molar-refractivity contribution in [2.24, 2.45) is 7.05 Å². The molecule has 1 aliphatic rings. The molecule has 1 atom stereocenters. The zero-order valence-corrected chi connectivity index (χ0v) is 18.8. The number of aromatic nitrogens is 3. The molecular formula is C25H28N6O2. The highest BCUT2D eigenvalue weighted by Gasteiger charge is 2.17. The SMILES string of the molecule is CNc1cc(O)c(Nc2nccc(-c3cn(C)c4ccccc34)n2)cc1NC1CCCCO1. The smallest absolute Gasteiger partial charge is 0.227 e. The van der Waals surface area contributed by atoms with E-state index in [-0.39, 0.29) is 12.0 Å². The van der Waals surface area contributed by atoms with Crippen LogP contribution in [0.3, 0.4) is 0 Å². The van der Waals surface area contributed by atoms with Crippen LogP contribution < -0.4 is 16.0 Å². The number of ether oxygens (including phenoxy) is 1. The van der Waals surface area contributed by atoms with E-state index in [1.54, 1.807) is 12.3 Å². The first-order chi connectivity index (χ1) is 16.1. The van der Waals surface area contributed by atoms with Gasteiger partial charge in [-0.05, 0) is 37.5 Å². The van der Waals surface area contributed by atoms with Crippen molar-refractivity contribution in [2.45, 2.75) is 25.5 Å². The normalized spacial score (nSPS) is 16.0. The molecule has 170 valence electrons. The number of aromatic hydroxyl groups is 1. The maximum atomic E-state index is 10.6. The van der Waals surface area contributed by atoms with Crippen molar-refractivity contribution in [2.75, 3.05) is 29.6 Å². The lowest BCUT2D eigenvalue weighted by Crippen LogP contribution is -2.27. The molecule has 1 fully saturated rings. The third-order valence-corrected chi connectivity index (χ3v) is 5.98. The highest BCUT2D eigenvalue weighted by Crippen LogP contribution is 2.36. The third kappa shape index (κ3) is 4.29. The van der Waals surface area contributed by atoms with Gasteiger partial charge < -0.3 is 30.4 Å². The average Bonchev–Trinajstić information content (AvgIpc) is 3.18. The molecule has 8 heteroatoms. The molecule has 1 aliphatic heterocycles. The maximum absolute atomic E-state index is 10.6. The summed E-state index contributed by atoms with van der Waals surface area (Å²) in [5.74, 6) is 0.515. The molecule has 0 bridgehead atoms. The van der Waals surface area contributed by atoms with E-state index < -0.39 is 0 Å². The van der Waals surface area contributed by atoms with Crippen molar-refractivity contribution in [1.82, 2.24) is 14.5 Å². The van der Waals surface area contributed by atoms with E-state index in [1.165, 1.54) is 0 Å². The Kier molecular flexibility index (Phi) is 5.75. The minimum absolute atomic E-state index is 0.0471. The number of benzene rings is 2. The summed E-state index contributed by atoms with van der Waals surface area (Å²) in [7, 11) is 3.85. The van der Waals surface area contributed by atoms with Crippen LogP contribution in [0.25, 0.3) is 22.2 Å². The Balaban J connectivity index is 1.45. The molecule has 0 saturated carbocycles. The minimum Gasteiger partial charge on any atom is -0.506 e. The number of hydrogen-bond acceptors (Lipinski definition) is 7. The van der Waals surface area contributed by atoms with Gasteiger partial charge in [-0.2, -0.15) is 0 Å². The molecule has 0 radical (unpaired) electrons. The van der Waals surface area contributed by atoms with Gasteiger partial charge in [0.25, 0.3) is 0 Å². The van der Waals surface area contributed by atoms with Crippen LogP contribution in [0, 0.1) is 0 Å². The molecule has 1 unspecified atom stereocenters. The summed E-state index contributed by atoms with van der Waals surface area (Å²) in [6.07, 6.45) is 6.91. The van der Waals surface area contributed by atoms with Crippen LogP contribution in [0.4, 0.5) is 23.0 Å². The van der Waals surface area contributed by atoms with Crippen LogP contribution in [0.15, 0.2) is 54.9 Å². The number of rotatable bonds is 6. The Hall–Kier alpha value is -3.78. The molecular weight excluding hydrogens is 416 g/mol. The van der Waals surface area contributed by atoms with E-state index >= 15 is 0 Å². The number of fused-ring (bicyclic) bond motifs is 1. The van der Waals surface area contributed by atoms with Gasteiger partial charge in [-0.15, -0.1) is 0 Å².